The Morgan fingerprint density at radius 2 is 1.57 bits per heavy atom. The number of benzene rings is 2. The van der Waals surface area contributed by atoms with Crippen LogP contribution in [0.5, 0.6) is 28.7 Å². The Kier molecular flexibility index (Phi) is 6.37. The number of carbonyl (C=O) groups excluding carboxylic acids is 1. The molecular weight excluding hydrogens is 390 g/mol. The number of amides is 1. The Balaban J connectivity index is 2.03. The molecule has 2 aromatic rings. The zero-order valence-corrected chi connectivity index (χ0v) is 17.4. The molecule has 1 unspecified atom stereocenters. The van der Waals surface area contributed by atoms with Gasteiger partial charge in [-0.3, -0.25) is 9.69 Å². The predicted molar refractivity (Wildman–Crippen MR) is 111 cm³/mol. The smallest absolute Gasteiger partial charge is 0.256 e. The second kappa shape index (κ2) is 8.96. The first-order valence-corrected chi connectivity index (χ1v) is 9.24. The third-order valence-corrected chi connectivity index (χ3v) is 4.86. The van der Waals surface area contributed by atoms with Crippen LogP contribution in [0.4, 0.5) is 5.69 Å². The van der Waals surface area contributed by atoms with Crippen molar-refractivity contribution < 1.29 is 33.6 Å². The summed E-state index contributed by atoms with van der Waals surface area (Å²) in [5.74, 6) is 2.12. The predicted octanol–water partition coefficient (Wildman–Crippen LogP) is 2.74. The van der Waals surface area contributed by atoms with Gasteiger partial charge < -0.3 is 28.8 Å². The Morgan fingerprint density at radius 1 is 0.933 bits per heavy atom. The van der Waals surface area contributed by atoms with Gasteiger partial charge in [-0.15, -0.1) is 0 Å². The molecule has 1 saturated heterocycles. The molecule has 1 N–H and O–H groups in total. The third kappa shape index (κ3) is 3.61. The zero-order chi connectivity index (χ0) is 21.8. The molecule has 30 heavy (non-hydrogen) atoms. The molecule has 1 fully saturated rings. The Labute approximate surface area is 175 Å². The van der Waals surface area contributed by atoms with Gasteiger partial charge in [0.1, 0.15) is 6.61 Å². The molecule has 0 bridgehead atoms. The van der Waals surface area contributed by atoms with Gasteiger partial charge in [0.15, 0.2) is 23.0 Å². The standard InChI is InChI=1S/C22H25NO7/c1-13-20(14-6-7-16(26-2)17(10-14)30-9-8-24)23(22(13)25)15-11-18(27-3)21(29-5)19(12-15)28-4/h6-7,10-12,20,24H,1,8-9H2,2-5H3. The highest BCUT2D eigenvalue weighted by molar-refractivity contribution is 6.15. The average Bonchev–Trinajstić information content (AvgIpc) is 2.79. The monoisotopic (exact) mass is 415 g/mol. The van der Waals surface area contributed by atoms with Gasteiger partial charge in [-0.1, -0.05) is 12.6 Å². The molecule has 3 rings (SSSR count). The number of hydrogen-bond donors (Lipinski definition) is 1. The molecule has 8 heteroatoms. The van der Waals surface area contributed by atoms with Gasteiger partial charge >= 0.3 is 0 Å². The molecule has 1 aliphatic heterocycles. The summed E-state index contributed by atoms with van der Waals surface area (Å²) < 4.78 is 27.1. The van der Waals surface area contributed by atoms with Crippen molar-refractivity contribution in [2.24, 2.45) is 0 Å². The van der Waals surface area contributed by atoms with E-state index in [0.717, 1.165) is 5.56 Å². The molecule has 8 nitrogen and oxygen atoms in total. The van der Waals surface area contributed by atoms with E-state index in [1.165, 1.54) is 28.4 Å². The van der Waals surface area contributed by atoms with E-state index in [9.17, 15) is 4.79 Å². The molecule has 0 radical (unpaired) electrons. The van der Waals surface area contributed by atoms with Gasteiger partial charge in [-0.05, 0) is 17.7 Å². The number of rotatable bonds is 9. The number of ether oxygens (including phenoxy) is 5. The van der Waals surface area contributed by atoms with Crippen LogP contribution >= 0.6 is 0 Å². The van der Waals surface area contributed by atoms with Gasteiger partial charge in [0, 0.05) is 17.7 Å². The highest BCUT2D eigenvalue weighted by Crippen LogP contribution is 2.48. The summed E-state index contributed by atoms with van der Waals surface area (Å²) in [5.41, 5.74) is 1.82. The van der Waals surface area contributed by atoms with E-state index in [0.29, 0.717) is 40.0 Å². The van der Waals surface area contributed by atoms with Gasteiger partial charge in [0.2, 0.25) is 5.75 Å². The highest BCUT2D eigenvalue weighted by atomic mass is 16.5. The van der Waals surface area contributed by atoms with Crippen LogP contribution in [0.1, 0.15) is 11.6 Å². The van der Waals surface area contributed by atoms with Crippen molar-refractivity contribution in [2.75, 3.05) is 46.6 Å². The third-order valence-electron chi connectivity index (χ3n) is 4.86. The molecule has 0 aliphatic carbocycles. The molecule has 160 valence electrons. The number of aliphatic hydroxyl groups excluding tert-OH is 1. The van der Waals surface area contributed by atoms with Crippen LogP contribution in [0, 0.1) is 0 Å². The average molecular weight is 415 g/mol. The van der Waals surface area contributed by atoms with Crippen LogP contribution in [-0.4, -0.2) is 52.7 Å². The first-order chi connectivity index (χ1) is 14.5. The lowest BCUT2D eigenvalue weighted by atomic mass is 9.88. The van der Waals surface area contributed by atoms with Gasteiger partial charge in [-0.2, -0.15) is 0 Å². The second-order valence-electron chi connectivity index (χ2n) is 6.47. The molecule has 1 amide bonds. The number of methoxy groups -OCH3 is 4. The van der Waals surface area contributed by atoms with Crippen molar-refractivity contribution in [2.45, 2.75) is 6.04 Å². The minimum atomic E-state index is -0.400. The van der Waals surface area contributed by atoms with Crippen molar-refractivity contribution in [3.8, 4) is 28.7 Å². The number of anilines is 1. The summed E-state index contributed by atoms with van der Waals surface area (Å²) in [4.78, 5) is 14.3. The summed E-state index contributed by atoms with van der Waals surface area (Å²) in [6.07, 6.45) is 0. The van der Waals surface area contributed by atoms with Gasteiger partial charge in [0.25, 0.3) is 5.91 Å². The van der Waals surface area contributed by atoms with Crippen LogP contribution in [0.2, 0.25) is 0 Å². The fraction of sp³-hybridized carbons (Fsp3) is 0.318. The van der Waals surface area contributed by atoms with Crippen LogP contribution in [0.25, 0.3) is 0 Å². The topological polar surface area (TPSA) is 86.7 Å². The molecule has 1 atom stereocenters. The van der Waals surface area contributed by atoms with Crippen molar-refractivity contribution >= 4 is 11.6 Å². The lowest BCUT2D eigenvalue weighted by Crippen LogP contribution is -2.48. The van der Waals surface area contributed by atoms with Crippen LogP contribution < -0.4 is 28.6 Å². The maximum Gasteiger partial charge on any atom is 0.256 e. The normalized spacial score (nSPS) is 15.5. The van der Waals surface area contributed by atoms with E-state index in [1.807, 2.05) is 6.07 Å². The van der Waals surface area contributed by atoms with Crippen molar-refractivity contribution in [1.29, 1.82) is 0 Å². The van der Waals surface area contributed by atoms with E-state index in [2.05, 4.69) is 6.58 Å². The summed E-state index contributed by atoms with van der Waals surface area (Å²) in [6, 6.07) is 8.41. The van der Waals surface area contributed by atoms with Crippen LogP contribution in [0.3, 0.4) is 0 Å². The number of hydrogen-bond acceptors (Lipinski definition) is 7. The van der Waals surface area contributed by atoms with E-state index in [4.69, 9.17) is 28.8 Å². The molecule has 0 spiro atoms. The Bertz CT molecular complexity index is 931. The lowest BCUT2D eigenvalue weighted by Gasteiger charge is -2.42. The lowest BCUT2D eigenvalue weighted by molar-refractivity contribution is -0.118. The summed E-state index contributed by atoms with van der Waals surface area (Å²) in [7, 11) is 6.09. The molecule has 2 aromatic carbocycles. The molecular formula is C22H25NO7. The van der Waals surface area contributed by atoms with Crippen LogP contribution in [0.15, 0.2) is 42.5 Å². The van der Waals surface area contributed by atoms with E-state index in [1.54, 1.807) is 29.2 Å². The first-order valence-electron chi connectivity index (χ1n) is 9.24. The SMILES string of the molecule is C=C1C(=O)N(c2cc(OC)c(OC)c(OC)c2)C1c1ccc(OC)c(OCCO)c1. The van der Waals surface area contributed by atoms with Gasteiger partial charge in [0.05, 0.1) is 46.8 Å². The van der Waals surface area contributed by atoms with E-state index >= 15 is 0 Å². The Hall–Kier alpha value is -3.39. The number of nitrogens with zero attached hydrogens (tertiary/aromatic N) is 1. The number of β-lactam (4-membered cyclic amide) rings is 1. The highest BCUT2D eigenvalue weighted by Gasteiger charge is 2.43. The maximum absolute atomic E-state index is 12.7. The van der Waals surface area contributed by atoms with Gasteiger partial charge in [-0.25, -0.2) is 0 Å². The largest absolute Gasteiger partial charge is 0.493 e. The summed E-state index contributed by atoms with van der Waals surface area (Å²) >= 11 is 0. The summed E-state index contributed by atoms with van der Waals surface area (Å²) in [6.45, 7) is 3.94. The minimum Gasteiger partial charge on any atom is -0.493 e. The second-order valence-corrected chi connectivity index (χ2v) is 6.47. The first kappa shape index (κ1) is 21.3. The zero-order valence-electron chi connectivity index (χ0n) is 17.4. The van der Waals surface area contributed by atoms with Crippen molar-refractivity contribution in [1.82, 2.24) is 0 Å². The van der Waals surface area contributed by atoms with Crippen molar-refractivity contribution in [3.05, 3.63) is 48.0 Å². The summed E-state index contributed by atoms with van der Waals surface area (Å²) in [5, 5.41) is 9.07. The number of aliphatic hydroxyl groups is 1. The van der Waals surface area contributed by atoms with Crippen molar-refractivity contribution in [3.63, 3.8) is 0 Å². The molecule has 0 saturated carbocycles. The quantitative estimate of drug-likeness (QED) is 0.498. The maximum atomic E-state index is 12.7. The molecule has 1 aliphatic rings. The Morgan fingerprint density at radius 3 is 2.10 bits per heavy atom. The fourth-order valence-electron chi connectivity index (χ4n) is 3.43. The fourth-order valence-corrected chi connectivity index (χ4v) is 3.43. The van der Waals surface area contributed by atoms with Crippen LogP contribution in [-0.2, 0) is 4.79 Å². The van der Waals surface area contributed by atoms with E-state index < -0.39 is 6.04 Å². The number of carbonyl (C=O) groups is 1. The van der Waals surface area contributed by atoms with E-state index in [-0.39, 0.29) is 19.1 Å². The molecule has 0 aromatic heterocycles. The minimum absolute atomic E-state index is 0.125. The molecule has 1 heterocycles.